The first-order valence-electron chi connectivity index (χ1n) is 9.82. The van der Waals surface area contributed by atoms with Crippen LogP contribution in [-0.2, 0) is 0 Å². The zero-order chi connectivity index (χ0) is 19.7. The molecular formula is C20H23BrF2N4O. The third kappa shape index (κ3) is 4.01. The summed E-state index contributed by atoms with van der Waals surface area (Å²) < 4.78 is 32.3. The van der Waals surface area contributed by atoms with Gasteiger partial charge in [0.25, 0.3) is 0 Å². The summed E-state index contributed by atoms with van der Waals surface area (Å²) in [5.41, 5.74) is 0.580. The van der Waals surface area contributed by atoms with Gasteiger partial charge >= 0.3 is 0 Å². The van der Waals surface area contributed by atoms with Gasteiger partial charge in [0.15, 0.2) is 5.58 Å². The van der Waals surface area contributed by atoms with Gasteiger partial charge in [0, 0.05) is 36.0 Å². The van der Waals surface area contributed by atoms with E-state index < -0.39 is 12.3 Å². The Balaban J connectivity index is 1.36. The molecule has 1 aliphatic heterocycles. The molecule has 28 heavy (non-hydrogen) atoms. The number of nitrogens with zero attached hydrogens (tertiary/aromatic N) is 3. The van der Waals surface area contributed by atoms with E-state index in [1.807, 2.05) is 6.07 Å². The Morgan fingerprint density at radius 3 is 2.79 bits per heavy atom. The van der Waals surface area contributed by atoms with E-state index in [4.69, 9.17) is 9.68 Å². The van der Waals surface area contributed by atoms with Crippen LogP contribution in [0, 0.1) is 17.2 Å². The molecule has 150 valence electrons. The molecular weight excluding hydrogens is 430 g/mol. The zero-order valence-electron chi connectivity index (χ0n) is 15.5. The van der Waals surface area contributed by atoms with Crippen molar-refractivity contribution in [2.75, 3.05) is 18.4 Å². The van der Waals surface area contributed by atoms with Gasteiger partial charge in [-0.2, -0.15) is 5.26 Å². The number of nitrogens with one attached hydrogen (secondary N) is 1. The minimum absolute atomic E-state index is 0.263. The number of anilines is 1. The van der Waals surface area contributed by atoms with Crippen molar-refractivity contribution in [3.63, 3.8) is 0 Å². The Labute approximate surface area is 171 Å². The predicted octanol–water partition coefficient (Wildman–Crippen LogP) is 5.16. The van der Waals surface area contributed by atoms with Gasteiger partial charge in [-0.05, 0) is 61.0 Å². The van der Waals surface area contributed by atoms with Gasteiger partial charge in [0.05, 0.1) is 10.7 Å². The lowest BCUT2D eigenvalue weighted by atomic mass is 9.87. The van der Waals surface area contributed by atoms with E-state index in [1.165, 1.54) is 0 Å². The maximum atomic E-state index is 13.1. The number of piperidine rings is 1. The van der Waals surface area contributed by atoms with Crippen molar-refractivity contribution >= 4 is 32.7 Å². The molecule has 5 nitrogen and oxygen atoms in total. The molecule has 1 N–H and O–H groups in total. The average Bonchev–Trinajstić information content (AvgIpc) is 3.15. The molecule has 2 aromatic heterocycles. The molecule has 4 rings (SSSR count). The Morgan fingerprint density at radius 1 is 1.29 bits per heavy atom. The maximum absolute atomic E-state index is 13.1. The third-order valence-corrected chi connectivity index (χ3v) is 6.83. The van der Waals surface area contributed by atoms with Crippen molar-refractivity contribution in [2.45, 2.75) is 57.0 Å². The summed E-state index contributed by atoms with van der Waals surface area (Å²) in [4.78, 5) is 6.71. The standard InChI is InChI=1S/C20H23BrF2N4O/c21-18-16-8-15(9-24)28-17(16)10-25-20(18)26-13-3-5-14(6-4-13)27-7-1-2-12(11-27)19(22)23/h8,10,12-14,19H,1-7,11H2,(H,25,26). The number of fused-ring (bicyclic) bond motifs is 1. The van der Waals surface area contributed by atoms with Crippen LogP contribution in [0.25, 0.3) is 11.0 Å². The van der Waals surface area contributed by atoms with Crippen molar-refractivity contribution in [1.29, 1.82) is 5.26 Å². The fraction of sp³-hybridized carbons (Fsp3) is 0.600. The lowest BCUT2D eigenvalue weighted by Crippen LogP contribution is -2.46. The predicted molar refractivity (Wildman–Crippen MR) is 106 cm³/mol. The van der Waals surface area contributed by atoms with Crippen LogP contribution in [0.4, 0.5) is 14.6 Å². The lowest BCUT2D eigenvalue weighted by molar-refractivity contribution is 0.00764. The van der Waals surface area contributed by atoms with E-state index in [9.17, 15) is 8.78 Å². The average molecular weight is 453 g/mol. The minimum Gasteiger partial charge on any atom is -0.444 e. The molecule has 8 heteroatoms. The van der Waals surface area contributed by atoms with E-state index in [2.05, 4.69) is 31.1 Å². The topological polar surface area (TPSA) is 65.1 Å². The molecule has 3 heterocycles. The molecule has 2 aromatic rings. The number of nitriles is 1. The summed E-state index contributed by atoms with van der Waals surface area (Å²) >= 11 is 3.57. The molecule has 1 unspecified atom stereocenters. The van der Waals surface area contributed by atoms with Gasteiger partial charge in [-0.25, -0.2) is 13.8 Å². The van der Waals surface area contributed by atoms with Gasteiger partial charge < -0.3 is 9.73 Å². The number of rotatable bonds is 4. The molecule has 0 aromatic carbocycles. The number of likely N-dealkylation sites (tertiary alicyclic amines) is 1. The second-order valence-electron chi connectivity index (χ2n) is 7.80. The van der Waals surface area contributed by atoms with E-state index >= 15 is 0 Å². The van der Waals surface area contributed by atoms with Crippen LogP contribution in [-0.4, -0.2) is 41.5 Å². The maximum Gasteiger partial charge on any atom is 0.242 e. The number of hydrogen-bond acceptors (Lipinski definition) is 5. The highest BCUT2D eigenvalue weighted by Gasteiger charge is 2.33. The lowest BCUT2D eigenvalue weighted by Gasteiger charge is -2.41. The summed E-state index contributed by atoms with van der Waals surface area (Å²) in [5, 5.41) is 13.3. The largest absolute Gasteiger partial charge is 0.444 e. The van der Waals surface area contributed by atoms with E-state index in [-0.39, 0.29) is 5.76 Å². The summed E-state index contributed by atoms with van der Waals surface area (Å²) in [6.07, 6.45) is 4.95. The molecule has 2 aliphatic rings. The SMILES string of the molecule is N#Cc1cc2c(Br)c(NC3CCC(N4CCCC(C(F)F)C4)CC3)ncc2o1. The van der Waals surface area contributed by atoms with E-state index in [0.29, 0.717) is 30.6 Å². The Morgan fingerprint density at radius 2 is 2.07 bits per heavy atom. The van der Waals surface area contributed by atoms with E-state index in [1.54, 1.807) is 12.3 Å². The van der Waals surface area contributed by atoms with Crippen LogP contribution in [0.1, 0.15) is 44.3 Å². The van der Waals surface area contributed by atoms with Crippen LogP contribution in [0.3, 0.4) is 0 Å². The van der Waals surface area contributed by atoms with Crippen molar-refractivity contribution in [3.05, 3.63) is 22.5 Å². The van der Waals surface area contributed by atoms with Crippen molar-refractivity contribution in [2.24, 2.45) is 5.92 Å². The molecule has 1 atom stereocenters. The zero-order valence-corrected chi connectivity index (χ0v) is 17.1. The molecule has 0 bridgehead atoms. The van der Waals surface area contributed by atoms with Crippen molar-refractivity contribution in [3.8, 4) is 6.07 Å². The highest BCUT2D eigenvalue weighted by molar-refractivity contribution is 9.10. The highest BCUT2D eigenvalue weighted by Crippen LogP contribution is 2.34. The quantitative estimate of drug-likeness (QED) is 0.693. The Hall–Kier alpha value is -1.72. The minimum atomic E-state index is -2.20. The molecule has 2 fully saturated rings. The molecule has 0 spiro atoms. The number of pyridine rings is 1. The third-order valence-electron chi connectivity index (χ3n) is 6.03. The summed E-state index contributed by atoms with van der Waals surface area (Å²) in [6, 6.07) is 4.42. The number of furan rings is 1. The van der Waals surface area contributed by atoms with Crippen LogP contribution in [0.15, 0.2) is 21.2 Å². The first-order chi connectivity index (χ1) is 13.5. The number of aromatic nitrogens is 1. The van der Waals surface area contributed by atoms with E-state index in [0.717, 1.165) is 54.3 Å². The van der Waals surface area contributed by atoms with Gasteiger partial charge in [-0.15, -0.1) is 0 Å². The van der Waals surface area contributed by atoms with Gasteiger partial charge in [-0.1, -0.05) is 0 Å². The highest BCUT2D eigenvalue weighted by atomic mass is 79.9. The Bertz CT molecular complexity index is 873. The molecule has 1 aliphatic carbocycles. The molecule has 0 amide bonds. The second-order valence-corrected chi connectivity index (χ2v) is 8.60. The smallest absolute Gasteiger partial charge is 0.242 e. The van der Waals surface area contributed by atoms with Crippen molar-refractivity contribution in [1.82, 2.24) is 9.88 Å². The van der Waals surface area contributed by atoms with Crippen LogP contribution >= 0.6 is 15.9 Å². The Kier molecular flexibility index (Phi) is 5.83. The first-order valence-corrected chi connectivity index (χ1v) is 10.6. The van der Waals surface area contributed by atoms with Gasteiger partial charge in [-0.3, -0.25) is 4.90 Å². The fourth-order valence-corrected chi connectivity index (χ4v) is 5.02. The summed E-state index contributed by atoms with van der Waals surface area (Å²) in [7, 11) is 0. The van der Waals surface area contributed by atoms with Crippen molar-refractivity contribution < 1.29 is 13.2 Å². The number of halogens is 3. The normalized spacial score (nSPS) is 26.5. The monoisotopic (exact) mass is 452 g/mol. The summed E-state index contributed by atoms with van der Waals surface area (Å²) in [6.45, 7) is 1.48. The number of alkyl halides is 2. The first kappa shape index (κ1) is 19.6. The number of hydrogen-bond donors (Lipinski definition) is 1. The van der Waals surface area contributed by atoms with Crippen LogP contribution in [0.2, 0.25) is 0 Å². The van der Waals surface area contributed by atoms with Crippen LogP contribution in [0.5, 0.6) is 0 Å². The molecule has 1 saturated heterocycles. The molecule has 0 radical (unpaired) electrons. The second kappa shape index (κ2) is 8.34. The summed E-state index contributed by atoms with van der Waals surface area (Å²) in [5.74, 6) is 0.542. The molecule has 1 saturated carbocycles. The van der Waals surface area contributed by atoms with Gasteiger partial charge in [0.1, 0.15) is 11.9 Å². The fourth-order valence-electron chi connectivity index (χ4n) is 4.49. The van der Waals surface area contributed by atoms with Crippen LogP contribution < -0.4 is 5.32 Å². The van der Waals surface area contributed by atoms with Gasteiger partial charge in [0.2, 0.25) is 12.2 Å².